The molecule has 152 valence electrons. The zero-order valence-electron chi connectivity index (χ0n) is 16.6. The van der Waals surface area contributed by atoms with E-state index in [-0.39, 0.29) is 17.0 Å². The molecule has 0 saturated heterocycles. The van der Waals surface area contributed by atoms with Crippen molar-refractivity contribution < 1.29 is 18.6 Å². The van der Waals surface area contributed by atoms with Crippen molar-refractivity contribution in [3.05, 3.63) is 75.5 Å². The molecule has 0 unspecified atom stereocenters. The van der Waals surface area contributed by atoms with E-state index in [1.165, 1.54) is 7.11 Å². The Hall–Kier alpha value is -3.92. The first-order chi connectivity index (χ1) is 14.6. The fraction of sp³-hybridized carbons (Fsp3) is 0.217. The minimum absolute atomic E-state index is 0.0453. The number of hydrogen-bond acceptors (Lipinski definition) is 7. The Kier molecular flexibility index (Phi) is 5.07. The minimum Gasteiger partial charge on any atom is -0.493 e. The second kappa shape index (κ2) is 7.84. The van der Waals surface area contributed by atoms with Crippen molar-refractivity contribution in [3.63, 3.8) is 0 Å². The van der Waals surface area contributed by atoms with Crippen molar-refractivity contribution in [1.82, 2.24) is 0 Å². The molecule has 1 atom stereocenters. The molecule has 0 aliphatic carbocycles. The number of nitrogens with zero attached hydrogens (tertiary/aromatic N) is 1. The molecule has 0 fully saturated rings. The number of ether oxygens (including phenoxy) is 3. The average Bonchev–Trinajstić information content (AvgIpc) is 2.76. The van der Waals surface area contributed by atoms with Crippen molar-refractivity contribution >= 4 is 11.0 Å². The predicted octanol–water partition coefficient (Wildman–Crippen LogP) is 3.81. The van der Waals surface area contributed by atoms with Crippen molar-refractivity contribution in [1.29, 1.82) is 5.26 Å². The van der Waals surface area contributed by atoms with Gasteiger partial charge in [0.05, 0.1) is 30.6 Å². The van der Waals surface area contributed by atoms with E-state index in [9.17, 15) is 10.1 Å². The highest BCUT2D eigenvalue weighted by Gasteiger charge is 2.35. The maximum absolute atomic E-state index is 12.9. The van der Waals surface area contributed by atoms with Crippen molar-refractivity contribution in [2.45, 2.75) is 19.3 Å². The summed E-state index contributed by atoms with van der Waals surface area (Å²) in [6, 6.07) is 14.4. The number of hydrogen-bond donors (Lipinski definition) is 1. The van der Waals surface area contributed by atoms with Gasteiger partial charge in [-0.2, -0.15) is 5.26 Å². The molecule has 0 saturated carbocycles. The first-order valence-electron chi connectivity index (χ1n) is 9.53. The lowest BCUT2D eigenvalue weighted by molar-refractivity contribution is 0.294. The van der Waals surface area contributed by atoms with Gasteiger partial charge in [0, 0.05) is 0 Å². The van der Waals surface area contributed by atoms with E-state index >= 15 is 0 Å². The Bertz CT molecular complexity index is 1250. The summed E-state index contributed by atoms with van der Waals surface area (Å²) < 4.78 is 22.4. The minimum atomic E-state index is -0.756. The number of nitriles is 1. The molecule has 2 heterocycles. The van der Waals surface area contributed by atoms with Crippen molar-refractivity contribution in [2.24, 2.45) is 5.73 Å². The van der Waals surface area contributed by atoms with Crippen LogP contribution in [0.15, 0.2) is 63.1 Å². The Morgan fingerprint density at radius 2 is 2.00 bits per heavy atom. The van der Waals surface area contributed by atoms with E-state index in [2.05, 4.69) is 6.07 Å². The predicted molar refractivity (Wildman–Crippen MR) is 111 cm³/mol. The summed E-state index contributed by atoms with van der Waals surface area (Å²) in [7, 11) is 1.53. The van der Waals surface area contributed by atoms with Crippen LogP contribution in [0.5, 0.6) is 17.2 Å². The van der Waals surface area contributed by atoms with E-state index in [4.69, 9.17) is 24.4 Å². The lowest BCUT2D eigenvalue weighted by atomic mass is 9.83. The van der Waals surface area contributed by atoms with Crippen LogP contribution in [0, 0.1) is 11.3 Å². The summed E-state index contributed by atoms with van der Waals surface area (Å²) in [5.74, 6) is 0.574. The molecule has 30 heavy (non-hydrogen) atoms. The number of methoxy groups -OCH3 is 1. The molecule has 0 radical (unpaired) electrons. The number of benzene rings is 2. The first-order valence-corrected chi connectivity index (χ1v) is 9.53. The second-order valence-corrected chi connectivity index (χ2v) is 6.81. The number of rotatable bonds is 5. The largest absolute Gasteiger partial charge is 0.493 e. The molecule has 7 heteroatoms. The maximum Gasteiger partial charge on any atom is 0.344 e. The van der Waals surface area contributed by atoms with Crippen LogP contribution in [0.2, 0.25) is 0 Å². The Morgan fingerprint density at radius 1 is 1.20 bits per heavy atom. The number of allylic oxidation sites excluding steroid dienone is 1. The zero-order valence-corrected chi connectivity index (χ0v) is 16.6. The van der Waals surface area contributed by atoms with Crippen molar-refractivity contribution in [2.75, 3.05) is 13.7 Å². The van der Waals surface area contributed by atoms with Gasteiger partial charge < -0.3 is 24.4 Å². The van der Waals surface area contributed by atoms with E-state index in [1.54, 1.807) is 36.4 Å². The third kappa shape index (κ3) is 3.12. The summed E-state index contributed by atoms with van der Waals surface area (Å²) in [5.41, 5.74) is 6.89. The van der Waals surface area contributed by atoms with Crippen LogP contribution in [0.25, 0.3) is 11.0 Å². The van der Waals surface area contributed by atoms with Gasteiger partial charge in [-0.25, -0.2) is 4.79 Å². The number of fused-ring (bicyclic) bond motifs is 3. The maximum atomic E-state index is 12.9. The van der Waals surface area contributed by atoms with Gasteiger partial charge in [-0.15, -0.1) is 0 Å². The van der Waals surface area contributed by atoms with E-state index in [0.29, 0.717) is 40.4 Å². The van der Waals surface area contributed by atoms with E-state index in [1.807, 2.05) is 13.0 Å². The molecule has 1 aliphatic heterocycles. The summed E-state index contributed by atoms with van der Waals surface area (Å²) in [6.45, 7) is 2.55. The van der Waals surface area contributed by atoms with Gasteiger partial charge in [0.1, 0.15) is 17.2 Å². The van der Waals surface area contributed by atoms with Crippen molar-refractivity contribution in [3.8, 4) is 23.3 Å². The fourth-order valence-electron chi connectivity index (χ4n) is 3.59. The highest BCUT2D eigenvalue weighted by molar-refractivity contribution is 5.86. The molecule has 2 N–H and O–H groups in total. The number of para-hydroxylation sites is 1. The van der Waals surface area contributed by atoms with Crippen LogP contribution < -0.4 is 25.6 Å². The van der Waals surface area contributed by atoms with Crippen LogP contribution in [-0.4, -0.2) is 13.7 Å². The van der Waals surface area contributed by atoms with Gasteiger partial charge >= 0.3 is 5.63 Å². The Balaban J connectivity index is 1.95. The van der Waals surface area contributed by atoms with Crippen LogP contribution >= 0.6 is 0 Å². The van der Waals surface area contributed by atoms with Gasteiger partial charge in [0.2, 0.25) is 5.88 Å². The second-order valence-electron chi connectivity index (χ2n) is 6.81. The monoisotopic (exact) mass is 404 g/mol. The average molecular weight is 404 g/mol. The third-order valence-electron chi connectivity index (χ3n) is 4.96. The lowest BCUT2D eigenvalue weighted by Gasteiger charge is -2.26. The molecule has 2 aromatic carbocycles. The molecule has 1 aromatic heterocycles. The normalized spacial score (nSPS) is 15.3. The molecule has 0 bridgehead atoms. The number of nitrogens with two attached hydrogens (primary N) is 1. The molecular weight excluding hydrogens is 384 g/mol. The van der Waals surface area contributed by atoms with Gasteiger partial charge in [-0.05, 0) is 36.2 Å². The highest BCUT2D eigenvalue weighted by atomic mass is 16.5. The third-order valence-corrected chi connectivity index (χ3v) is 4.96. The highest BCUT2D eigenvalue weighted by Crippen LogP contribution is 2.44. The fourth-order valence-corrected chi connectivity index (χ4v) is 3.59. The van der Waals surface area contributed by atoms with Gasteiger partial charge in [0.25, 0.3) is 0 Å². The molecule has 4 rings (SSSR count). The van der Waals surface area contributed by atoms with Crippen LogP contribution in [0.3, 0.4) is 0 Å². The summed E-state index contributed by atoms with van der Waals surface area (Å²) >= 11 is 0. The summed E-state index contributed by atoms with van der Waals surface area (Å²) in [5, 5.41) is 10.4. The van der Waals surface area contributed by atoms with E-state index < -0.39 is 11.5 Å². The molecule has 7 nitrogen and oxygen atoms in total. The standard InChI is InChI=1S/C23H20N2O5/c1-3-10-28-17-9-8-13(11-18(17)27-2)19-15(12-24)22(25)30-21-14-6-4-5-7-16(14)29-23(26)20(19)21/h4-9,11,19H,3,10,25H2,1-2H3/t19-/m0/s1. The lowest BCUT2D eigenvalue weighted by Crippen LogP contribution is -2.26. The van der Waals surface area contributed by atoms with E-state index in [0.717, 1.165) is 6.42 Å². The molecule has 3 aromatic rings. The molecular formula is C23H20N2O5. The quantitative estimate of drug-likeness (QED) is 0.644. The van der Waals surface area contributed by atoms with Crippen LogP contribution in [-0.2, 0) is 0 Å². The summed E-state index contributed by atoms with van der Waals surface area (Å²) in [6.07, 6.45) is 0.851. The van der Waals surface area contributed by atoms with Crippen LogP contribution in [0.4, 0.5) is 0 Å². The SMILES string of the molecule is CCCOc1ccc([C@H]2C(C#N)=C(N)Oc3c2c(=O)oc2ccccc32)cc1OC. The zero-order chi connectivity index (χ0) is 21.3. The summed E-state index contributed by atoms with van der Waals surface area (Å²) in [4.78, 5) is 12.9. The Morgan fingerprint density at radius 3 is 2.73 bits per heavy atom. The Labute approximate surface area is 172 Å². The molecule has 0 spiro atoms. The first kappa shape index (κ1) is 19.4. The van der Waals surface area contributed by atoms with Gasteiger partial charge in [0.15, 0.2) is 17.2 Å². The van der Waals surface area contributed by atoms with Gasteiger partial charge in [-0.3, -0.25) is 0 Å². The van der Waals surface area contributed by atoms with Gasteiger partial charge in [-0.1, -0.05) is 25.1 Å². The van der Waals surface area contributed by atoms with Crippen LogP contribution in [0.1, 0.15) is 30.4 Å². The molecule has 0 amide bonds. The molecule has 1 aliphatic rings. The topological polar surface area (TPSA) is 108 Å². The smallest absolute Gasteiger partial charge is 0.344 e.